The Kier molecular flexibility index (Phi) is 5.51. The predicted octanol–water partition coefficient (Wildman–Crippen LogP) is 1.75. The first-order chi connectivity index (χ1) is 16.0. The van der Waals surface area contributed by atoms with Crippen LogP contribution < -0.4 is 14.5 Å². The number of carbonyl (C=O) groups is 3. The van der Waals surface area contributed by atoms with Crippen LogP contribution in [0.4, 0.5) is 21.0 Å². The van der Waals surface area contributed by atoms with E-state index >= 15 is 0 Å². The highest BCUT2D eigenvalue weighted by Crippen LogP contribution is 2.41. The number of anilines is 2. The maximum absolute atomic E-state index is 12.8. The molecular weight excluding hydrogens is 430 g/mol. The van der Waals surface area contributed by atoms with Gasteiger partial charge in [0.1, 0.15) is 31.5 Å². The van der Waals surface area contributed by atoms with E-state index in [1.807, 2.05) is 30.3 Å². The lowest BCUT2D eigenvalue weighted by atomic mass is 10.1. The van der Waals surface area contributed by atoms with E-state index in [-0.39, 0.29) is 32.3 Å². The number of hydrogen-bond acceptors (Lipinski definition) is 7. The van der Waals surface area contributed by atoms with Gasteiger partial charge in [0.15, 0.2) is 6.10 Å². The number of amides is 3. The quantitative estimate of drug-likeness (QED) is 0.751. The minimum absolute atomic E-state index is 0.0930. The fraction of sp³-hybridized carbons (Fsp3) is 0.348. The highest BCUT2D eigenvalue weighted by atomic mass is 16.6. The standard InChI is InChI=1S/C23H23N3O7/c27-12-20-18-14-31-19-10-16(6-7-17(19)26(18)23(30)33-20)25-9-8-24(11-21(25)28)22(29)32-13-15-4-2-1-3-5-15/h1-7,10,18,20,27H,8-9,11-14H2/t18-,20-/m0/s1. The SMILES string of the molecule is O=C(OCc1ccccc1)N1CCN(c2ccc3c(c2)OC[C@H]2[C@H](CO)OC(=O)N32)C(=O)C1. The van der Waals surface area contributed by atoms with Crippen molar-refractivity contribution >= 4 is 29.5 Å². The number of aliphatic hydroxyl groups is 1. The molecule has 10 nitrogen and oxygen atoms in total. The average Bonchev–Trinajstić information content (AvgIpc) is 3.18. The van der Waals surface area contributed by atoms with Crippen molar-refractivity contribution in [2.45, 2.75) is 18.8 Å². The van der Waals surface area contributed by atoms with E-state index < -0.39 is 24.3 Å². The number of aliphatic hydroxyl groups excluding tert-OH is 1. The number of cyclic esters (lactones) is 1. The molecule has 3 aliphatic heterocycles. The Bertz CT molecular complexity index is 1080. The second-order valence-electron chi connectivity index (χ2n) is 8.01. The van der Waals surface area contributed by atoms with E-state index in [0.29, 0.717) is 30.2 Å². The van der Waals surface area contributed by atoms with Crippen molar-refractivity contribution in [2.24, 2.45) is 0 Å². The number of benzene rings is 2. The summed E-state index contributed by atoms with van der Waals surface area (Å²) in [5.74, 6) is 0.212. The van der Waals surface area contributed by atoms with E-state index in [0.717, 1.165) is 5.56 Å². The summed E-state index contributed by atoms with van der Waals surface area (Å²) < 4.78 is 16.3. The second kappa shape index (κ2) is 8.62. The molecule has 2 fully saturated rings. The number of piperazine rings is 1. The van der Waals surface area contributed by atoms with Crippen molar-refractivity contribution in [1.82, 2.24) is 4.90 Å². The molecule has 2 saturated heterocycles. The monoisotopic (exact) mass is 453 g/mol. The summed E-state index contributed by atoms with van der Waals surface area (Å²) >= 11 is 0. The van der Waals surface area contributed by atoms with Crippen LogP contribution in [0.15, 0.2) is 48.5 Å². The van der Waals surface area contributed by atoms with Gasteiger partial charge in [0, 0.05) is 24.8 Å². The van der Waals surface area contributed by atoms with Crippen LogP contribution in [-0.4, -0.2) is 73.1 Å². The number of rotatable bonds is 4. The third kappa shape index (κ3) is 3.93. The minimum atomic E-state index is -0.637. The third-order valence-corrected chi connectivity index (χ3v) is 6.00. The molecule has 3 amide bonds. The molecule has 3 heterocycles. The number of carbonyl (C=O) groups excluding carboxylic acids is 3. The van der Waals surface area contributed by atoms with E-state index in [9.17, 15) is 19.5 Å². The van der Waals surface area contributed by atoms with Gasteiger partial charge in [-0.05, 0) is 17.7 Å². The molecule has 0 radical (unpaired) electrons. The van der Waals surface area contributed by atoms with Gasteiger partial charge in [-0.1, -0.05) is 30.3 Å². The predicted molar refractivity (Wildman–Crippen MR) is 116 cm³/mol. The fourth-order valence-electron chi connectivity index (χ4n) is 4.26. The molecule has 0 aliphatic carbocycles. The summed E-state index contributed by atoms with van der Waals surface area (Å²) in [5, 5.41) is 9.43. The molecule has 172 valence electrons. The number of nitrogens with zero attached hydrogens (tertiary/aromatic N) is 3. The molecule has 0 unspecified atom stereocenters. The first-order valence-corrected chi connectivity index (χ1v) is 10.7. The highest BCUT2D eigenvalue weighted by molar-refractivity contribution is 5.99. The molecule has 5 rings (SSSR count). The molecule has 1 N–H and O–H groups in total. The molecule has 3 aliphatic rings. The van der Waals surface area contributed by atoms with Crippen LogP contribution in [0.5, 0.6) is 5.75 Å². The van der Waals surface area contributed by atoms with E-state index in [4.69, 9.17) is 14.2 Å². The molecule has 0 aromatic heterocycles. The maximum Gasteiger partial charge on any atom is 0.415 e. The maximum atomic E-state index is 12.8. The Morgan fingerprint density at radius 3 is 2.70 bits per heavy atom. The van der Waals surface area contributed by atoms with Crippen molar-refractivity contribution < 1.29 is 33.7 Å². The van der Waals surface area contributed by atoms with Gasteiger partial charge in [0.05, 0.1) is 12.3 Å². The van der Waals surface area contributed by atoms with Gasteiger partial charge in [-0.15, -0.1) is 0 Å². The van der Waals surface area contributed by atoms with Crippen LogP contribution >= 0.6 is 0 Å². The van der Waals surface area contributed by atoms with Crippen LogP contribution in [0.3, 0.4) is 0 Å². The van der Waals surface area contributed by atoms with Crippen molar-refractivity contribution in [3.63, 3.8) is 0 Å². The van der Waals surface area contributed by atoms with Gasteiger partial charge in [0.25, 0.3) is 0 Å². The second-order valence-corrected chi connectivity index (χ2v) is 8.01. The smallest absolute Gasteiger partial charge is 0.415 e. The molecule has 0 bridgehead atoms. The van der Waals surface area contributed by atoms with Crippen molar-refractivity contribution in [3.8, 4) is 5.75 Å². The third-order valence-electron chi connectivity index (χ3n) is 6.00. The van der Waals surface area contributed by atoms with Crippen LogP contribution in [0.25, 0.3) is 0 Å². The van der Waals surface area contributed by atoms with Gasteiger partial charge < -0.3 is 24.2 Å². The first kappa shape index (κ1) is 21.1. The zero-order chi connectivity index (χ0) is 22.9. The van der Waals surface area contributed by atoms with Gasteiger partial charge in [-0.25, -0.2) is 9.59 Å². The summed E-state index contributed by atoms with van der Waals surface area (Å²) in [6.07, 6.45) is -1.70. The molecule has 2 aromatic carbocycles. The molecular formula is C23H23N3O7. The minimum Gasteiger partial charge on any atom is -0.489 e. The Balaban J connectivity index is 1.24. The van der Waals surface area contributed by atoms with E-state index in [2.05, 4.69) is 0 Å². The van der Waals surface area contributed by atoms with Gasteiger partial charge in [-0.3, -0.25) is 14.6 Å². The number of hydrogen-bond donors (Lipinski definition) is 1. The lowest BCUT2D eigenvalue weighted by Gasteiger charge is -2.35. The Hall–Kier alpha value is -3.79. The van der Waals surface area contributed by atoms with Gasteiger partial charge in [-0.2, -0.15) is 0 Å². The molecule has 2 aromatic rings. The number of fused-ring (bicyclic) bond motifs is 3. The van der Waals surface area contributed by atoms with Crippen molar-refractivity contribution in [3.05, 3.63) is 54.1 Å². The summed E-state index contributed by atoms with van der Waals surface area (Å²) in [6, 6.07) is 14.1. The lowest BCUT2D eigenvalue weighted by molar-refractivity contribution is -0.120. The topological polar surface area (TPSA) is 109 Å². The molecule has 0 spiro atoms. The lowest BCUT2D eigenvalue weighted by Crippen LogP contribution is -2.52. The zero-order valence-electron chi connectivity index (χ0n) is 17.8. The number of ether oxygens (including phenoxy) is 3. The zero-order valence-corrected chi connectivity index (χ0v) is 17.8. The Labute approximate surface area is 189 Å². The fourth-order valence-corrected chi connectivity index (χ4v) is 4.26. The van der Waals surface area contributed by atoms with Gasteiger partial charge in [0.2, 0.25) is 5.91 Å². The molecule has 0 saturated carbocycles. The Morgan fingerprint density at radius 1 is 1.12 bits per heavy atom. The van der Waals surface area contributed by atoms with E-state index in [1.54, 1.807) is 23.1 Å². The first-order valence-electron chi connectivity index (χ1n) is 10.7. The van der Waals surface area contributed by atoms with E-state index in [1.165, 1.54) is 9.80 Å². The average molecular weight is 453 g/mol. The largest absolute Gasteiger partial charge is 0.489 e. The van der Waals surface area contributed by atoms with Crippen molar-refractivity contribution in [2.75, 3.05) is 42.6 Å². The summed E-state index contributed by atoms with van der Waals surface area (Å²) in [4.78, 5) is 41.9. The van der Waals surface area contributed by atoms with Gasteiger partial charge >= 0.3 is 12.2 Å². The van der Waals surface area contributed by atoms with Crippen molar-refractivity contribution in [1.29, 1.82) is 0 Å². The summed E-state index contributed by atoms with van der Waals surface area (Å²) in [5.41, 5.74) is 2.02. The van der Waals surface area contributed by atoms with Crippen LogP contribution in [0.1, 0.15) is 5.56 Å². The van der Waals surface area contributed by atoms with Crippen LogP contribution in [0.2, 0.25) is 0 Å². The molecule has 10 heteroatoms. The highest BCUT2D eigenvalue weighted by Gasteiger charge is 2.46. The molecule has 2 atom stereocenters. The molecule has 33 heavy (non-hydrogen) atoms. The van der Waals surface area contributed by atoms with Crippen LogP contribution in [-0.2, 0) is 20.9 Å². The Morgan fingerprint density at radius 2 is 1.94 bits per heavy atom. The summed E-state index contributed by atoms with van der Waals surface area (Å²) in [7, 11) is 0. The normalized spacial score (nSPS) is 21.8. The van der Waals surface area contributed by atoms with Crippen LogP contribution in [0, 0.1) is 0 Å². The summed E-state index contributed by atoms with van der Waals surface area (Å²) in [6.45, 7) is 0.589.